The topological polar surface area (TPSA) is 109 Å². The van der Waals surface area contributed by atoms with Crippen molar-refractivity contribution in [2.75, 3.05) is 13.2 Å². The van der Waals surface area contributed by atoms with Gasteiger partial charge in [-0.15, -0.1) is 0 Å². The van der Waals surface area contributed by atoms with Crippen LogP contribution in [-0.2, 0) is 0 Å². The van der Waals surface area contributed by atoms with Gasteiger partial charge in [0.2, 0.25) is 0 Å². The lowest BCUT2D eigenvalue weighted by molar-refractivity contribution is 0.265. The zero-order chi connectivity index (χ0) is 10.8. The average molecular weight is 209 g/mol. The molecule has 0 radical (unpaired) electrons. The first kappa shape index (κ1) is 9.81. The Labute approximate surface area is 84.6 Å². The molecular formula is C8H11N5O2. The molecule has 7 heteroatoms. The van der Waals surface area contributed by atoms with Crippen LogP contribution in [0.5, 0.6) is 0 Å². The molecule has 7 nitrogen and oxygen atoms in total. The second-order valence-corrected chi connectivity index (χ2v) is 3.19. The van der Waals surface area contributed by atoms with Crippen molar-refractivity contribution in [3.05, 3.63) is 28.6 Å². The molecule has 0 amide bonds. The van der Waals surface area contributed by atoms with E-state index < -0.39 is 0 Å². The van der Waals surface area contributed by atoms with E-state index in [9.17, 15) is 4.79 Å². The van der Waals surface area contributed by atoms with Crippen molar-refractivity contribution >= 4 is 5.65 Å². The number of aliphatic hydroxyl groups is 1. The summed E-state index contributed by atoms with van der Waals surface area (Å²) in [6.07, 6.45) is 1.37. The summed E-state index contributed by atoms with van der Waals surface area (Å²) in [4.78, 5) is 15.2. The highest BCUT2D eigenvalue weighted by molar-refractivity contribution is 5.37. The van der Waals surface area contributed by atoms with Gasteiger partial charge in [0.25, 0.3) is 0 Å². The van der Waals surface area contributed by atoms with E-state index in [4.69, 9.17) is 10.8 Å². The van der Waals surface area contributed by atoms with Gasteiger partial charge in [-0.2, -0.15) is 5.10 Å². The summed E-state index contributed by atoms with van der Waals surface area (Å²) in [5.74, 6) is -0.221. The first-order valence-corrected chi connectivity index (χ1v) is 4.50. The third-order valence-corrected chi connectivity index (χ3v) is 2.25. The molecule has 2 heterocycles. The molecule has 1 atom stereocenters. The zero-order valence-electron chi connectivity index (χ0n) is 7.92. The van der Waals surface area contributed by atoms with Crippen molar-refractivity contribution in [3.63, 3.8) is 0 Å². The predicted octanol–water partition coefficient (Wildman–Crippen LogP) is -1.55. The molecule has 0 fully saturated rings. The summed E-state index contributed by atoms with van der Waals surface area (Å²) in [5, 5.41) is 15.1. The minimum absolute atomic E-state index is 0.0751. The molecule has 0 aliphatic rings. The van der Waals surface area contributed by atoms with Gasteiger partial charge in [-0.1, -0.05) is 0 Å². The predicted molar refractivity (Wildman–Crippen MR) is 52.5 cm³/mol. The fourth-order valence-electron chi connectivity index (χ4n) is 1.34. The number of aromatic nitrogens is 4. The van der Waals surface area contributed by atoms with Gasteiger partial charge in [-0.25, -0.2) is 19.3 Å². The Bertz CT molecular complexity index is 513. The smallest absolute Gasteiger partial charge is 0.348 e. The molecule has 0 aromatic carbocycles. The Hall–Kier alpha value is -1.73. The van der Waals surface area contributed by atoms with Crippen molar-refractivity contribution < 1.29 is 5.11 Å². The van der Waals surface area contributed by atoms with Gasteiger partial charge in [-0.05, 0) is 0 Å². The van der Waals surface area contributed by atoms with Crippen LogP contribution < -0.4 is 11.4 Å². The van der Waals surface area contributed by atoms with Crippen LogP contribution >= 0.6 is 0 Å². The Morgan fingerprint density at radius 2 is 2.47 bits per heavy atom. The molecule has 0 spiro atoms. The van der Waals surface area contributed by atoms with Crippen LogP contribution in [0.15, 0.2) is 17.2 Å². The molecule has 2 rings (SSSR count). The van der Waals surface area contributed by atoms with Gasteiger partial charge in [0.05, 0.1) is 12.3 Å². The van der Waals surface area contributed by atoms with Gasteiger partial charge in [0.1, 0.15) is 6.33 Å². The van der Waals surface area contributed by atoms with E-state index in [2.05, 4.69) is 15.2 Å². The van der Waals surface area contributed by atoms with Crippen molar-refractivity contribution in [3.8, 4) is 0 Å². The number of nitrogens with one attached hydrogen (secondary N) is 1. The van der Waals surface area contributed by atoms with E-state index in [1.807, 2.05) is 0 Å². The van der Waals surface area contributed by atoms with Gasteiger partial charge >= 0.3 is 5.69 Å². The van der Waals surface area contributed by atoms with E-state index in [-0.39, 0.29) is 18.2 Å². The third kappa shape index (κ3) is 1.62. The van der Waals surface area contributed by atoms with Crippen LogP contribution in [0.4, 0.5) is 0 Å². The number of aliphatic hydroxyl groups excluding tert-OH is 1. The van der Waals surface area contributed by atoms with Crippen molar-refractivity contribution in [2.24, 2.45) is 5.73 Å². The van der Waals surface area contributed by atoms with Crippen molar-refractivity contribution in [2.45, 2.75) is 5.92 Å². The fraction of sp³-hybridized carbons (Fsp3) is 0.375. The standard InChI is InChI=1S/C8H11N5O2/c9-2-5(3-14)6-1-7-11-12-8(15)13(7)4-10-6/h1,4-5,14H,2-3,9H2,(H,12,15). The Balaban J connectivity index is 2.51. The van der Waals surface area contributed by atoms with E-state index >= 15 is 0 Å². The molecule has 0 saturated heterocycles. The number of hydrogen-bond acceptors (Lipinski definition) is 5. The number of nitrogens with zero attached hydrogens (tertiary/aromatic N) is 3. The monoisotopic (exact) mass is 209 g/mol. The Morgan fingerprint density at radius 1 is 1.67 bits per heavy atom. The summed E-state index contributed by atoms with van der Waals surface area (Å²) < 4.78 is 1.29. The fourth-order valence-corrected chi connectivity index (χ4v) is 1.34. The van der Waals surface area contributed by atoms with Gasteiger partial charge in [-0.3, -0.25) is 0 Å². The summed E-state index contributed by atoms with van der Waals surface area (Å²) in [6.45, 7) is 0.225. The maximum atomic E-state index is 11.1. The van der Waals surface area contributed by atoms with Crippen LogP contribution in [0.25, 0.3) is 5.65 Å². The second kappa shape index (κ2) is 3.79. The normalized spacial score (nSPS) is 13.2. The molecule has 0 aliphatic heterocycles. The summed E-state index contributed by atoms with van der Waals surface area (Å²) >= 11 is 0. The van der Waals surface area contributed by atoms with Gasteiger partial charge < -0.3 is 10.8 Å². The number of hydrogen-bond donors (Lipinski definition) is 3. The minimum atomic E-state index is -0.336. The van der Waals surface area contributed by atoms with Crippen molar-refractivity contribution in [1.29, 1.82) is 0 Å². The van der Waals surface area contributed by atoms with Crippen LogP contribution in [0, 0.1) is 0 Å². The first-order chi connectivity index (χ1) is 7.26. The van der Waals surface area contributed by atoms with E-state index in [1.165, 1.54) is 10.7 Å². The Morgan fingerprint density at radius 3 is 3.13 bits per heavy atom. The largest absolute Gasteiger partial charge is 0.396 e. The highest BCUT2D eigenvalue weighted by atomic mass is 16.3. The lowest BCUT2D eigenvalue weighted by Gasteiger charge is -2.09. The molecule has 0 aliphatic carbocycles. The molecule has 2 aromatic heterocycles. The molecule has 2 aromatic rings. The lowest BCUT2D eigenvalue weighted by Crippen LogP contribution is -2.18. The van der Waals surface area contributed by atoms with E-state index in [0.29, 0.717) is 17.9 Å². The molecule has 80 valence electrons. The minimum Gasteiger partial charge on any atom is -0.396 e. The second-order valence-electron chi connectivity index (χ2n) is 3.19. The first-order valence-electron chi connectivity index (χ1n) is 4.50. The molecule has 1 unspecified atom stereocenters. The molecular weight excluding hydrogens is 198 g/mol. The molecule has 15 heavy (non-hydrogen) atoms. The van der Waals surface area contributed by atoms with Crippen LogP contribution in [0.3, 0.4) is 0 Å². The third-order valence-electron chi connectivity index (χ3n) is 2.25. The van der Waals surface area contributed by atoms with Crippen LogP contribution in [0.2, 0.25) is 0 Å². The number of nitrogens with two attached hydrogens (primary N) is 1. The number of fused-ring (bicyclic) bond motifs is 1. The maximum absolute atomic E-state index is 11.1. The quantitative estimate of drug-likeness (QED) is 0.567. The van der Waals surface area contributed by atoms with Gasteiger partial charge in [0.15, 0.2) is 5.65 Å². The van der Waals surface area contributed by atoms with Crippen molar-refractivity contribution in [1.82, 2.24) is 19.6 Å². The number of rotatable bonds is 3. The average Bonchev–Trinajstić information content (AvgIpc) is 2.62. The van der Waals surface area contributed by atoms with E-state index in [1.54, 1.807) is 6.07 Å². The number of H-pyrrole nitrogens is 1. The zero-order valence-corrected chi connectivity index (χ0v) is 7.92. The van der Waals surface area contributed by atoms with Crippen LogP contribution in [0.1, 0.15) is 11.6 Å². The molecule has 0 bridgehead atoms. The Kier molecular flexibility index (Phi) is 2.48. The maximum Gasteiger partial charge on any atom is 0.348 e. The summed E-state index contributed by atoms with van der Waals surface area (Å²) in [5.41, 5.74) is 6.23. The lowest BCUT2D eigenvalue weighted by atomic mass is 10.1. The van der Waals surface area contributed by atoms with Gasteiger partial charge in [0, 0.05) is 18.5 Å². The molecule has 4 N–H and O–H groups in total. The van der Waals surface area contributed by atoms with Crippen LogP contribution in [-0.4, -0.2) is 37.8 Å². The summed E-state index contributed by atoms with van der Waals surface area (Å²) in [7, 11) is 0. The number of aromatic amines is 1. The highest BCUT2D eigenvalue weighted by Gasteiger charge is 2.11. The SMILES string of the molecule is NCC(CO)c1cc2n[nH]c(=O)n2cn1. The highest BCUT2D eigenvalue weighted by Crippen LogP contribution is 2.11. The summed E-state index contributed by atoms with van der Waals surface area (Å²) in [6, 6.07) is 1.63. The van der Waals surface area contributed by atoms with E-state index in [0.717, 1.165) is 0 Å². The molecule has 0 saturated carbocycles.